The van der Waals surface area contributed by atoms with E-state index in [1.54, 1.807) is 0 Å². The monoisotopic (exact) mass is 237 g/mol. The third-order valence-corrected chi connectivity index (χ3v) is 1.61. The van der Waals surface area contributed by atoms with Gasteiger partial charge in [-0.3, -0.25) is 4.79 Å². The Balaban J connectivity index is 2.86. The van der Waals surface area contributed by atoms with E-state index in [1.165, 1.54) is 6.07 Å². The van der Waals surface area contributed by atoms with Gasteiger partial charge in [-0.15, -0.1) is 13.2 Å². The molecule has 7 heteroatoms. The number of alkyl halides is 3. The third kappa shape index (κ3) is 3.76. The molecule has 1 amide bonds. The Kier molecular flexibility index (Phi) is 3.70. The molecule has 1 aromatic carbocycles. The molecule has 0 bridgehead atoms. The molecule has 0 aliphatic rings. The summed E-state index contributed by atoms with van der Waals surface area (Å²) in [4.78, 5) is 9.96. The predicted octanol–water partition coefficient (Wildman–Crippen LogP) is 1.97. The van der Waals surface area contributed by atoms with Gasteiger partial charge >= 0.3 is 6.36 Å². The summed E-state index contributed by atoms with van der Waals surface area (Å²) in [7, 11) is 0. The molecule has 88 valence electrons. The highest BCUT2D eigenvalue weighted by Gasteiger charge is 2.32. The lowest BCUT2D eigenvalue weighted by Crippen LogP contribution is -2.18. The fraction of sp³-hybridized carbons (Fsp3) is 0.222. The predicted molar refractivity (Wildman–Crippen MR) is 46.0 cm³/mol. The maximum Gasteiger partial charge on any atom is 0.573 e. The third-order valence-electron chi connectivity index (χ3n) is 1.61. The number of rotatable bonds is 4. The van der Waals surface area contributed by atoms with Gasteiger partial charge < -0.3 is 10.1 Å². The second-order valence-corrected chi connectivity index (χ2v) is 2.81. The van der Waals surface area contributed by atoms with Crippen molar-refractivity contribution in [3.63, 3.8) is 0 Å². The van der Waals surface area contributed by atoms with E-state index in [4.69, 9.17) is 0 Å². The first kappa shape index (κ1) is 12.3. The average molecular weight is 237 g/mol. The summed E-state index contributed by atoms with van der Waals surface area (Å²) in [6.45, 7) is -0.00199. The minimum absolute atomic E-state index is 0.00199. The minimum Gasteiger partial charge on any atom is -0.403 e. The zero-order chi connectivity index (χ0) is 12.2. The van der Waals surface area contributed by atoms with E-state index in [9.17, 15) is 22.4 Å². The van der Waals surface area contributed by atoms with Crippen LogP contribution in [-0.4, -0.2) is 12.8 Å². The number of carbonyl (C=O) groups is 1. The Morgan fingerprint density at radius 3 is 2.62 bits per heavy atom. The van der Waals surface area contributed by atoms with Crippen LogP contribution in [0.3, 0.4) is 0 Å². The molecule has 1 aromatic rings. The summed E-state index contributed by atoms with van der Waals surface area (Å²) in [5.41, 5.74) is 0.299. The second kappa shape index (κ2) is 4.82. The molecule has 0 aromatic heterocycles. The molecular weight excluding hydrogens is 230 g/mol. The fourth-order valence-corrected chi connectivity index (χ4v) is 1.02. The van der Waals surface area contributed by atoms with Crippen LogP contribution in [0.15, 0.2) is 18.2 Å². The Bertz CT molecular complexity index is 378. The van der Waals surface area contributed by atoms with Crippen molar-refractivity contribution in [2.75, 3.05) is 0 Å². The van der Waals surface area contributed by atoms with E-state index < -0.39 is 17.9 Å². The van der Waals surface area contributed by atoms with Crippen LogP contribution in [-0.2, 0) is 11.3 Å². The van der Waals surface area contributed by atoms with Crippen LogP contribution in [0.4, 0.5) is 17.6 Å². The number of ether oxygens (including phenoxy) is 1. The maximum atomic E-state index is 12.9. The van der Waals surface area contributed by atoms with Crippen LogP contribution in [0.2, 0.25) is 0 Å². The molecule has 0 saturated heterocycles. The van der Waals surface area contributed by atoms with Gasteiger partial charge in [0.05, 0.1) is 0 Å². The molecule has 1 N–H and O–H groups in total. The van der Waals surface area contributed by atoms with Gasteiger partial charge in [0.2, 0.25) is 6.41 Å². The van der Waals surface area contributed by atoms with Crippen molar-refractivity contribution in [2.45, 2.75) is 12.9 Å². The number of halogens is 4. The molecule has 0 saturated carbocycles. The van der Waals surface area contributed by atoms with Gasteiger partial charge in [0.25, 0.3) is 0 Å². The number of carbonyl (C=O) groups excluding carboxylic acids is 1. The first-order chi connectivity index (χ1) is 7.42. The Morgan fingerprint density at radius 2 is 2.06 bits per heavy atom. The van der Waals surface area contributed by atoms with Crippen molar-refractivity contribution in [2.24, 2.45) is 0 Å². The van der Waals surface area contributed by atoms with E-state index in [0.717, 1.165) is 12.1 Å². The Hall–Kier alpha value is -1.79. The molecule has 0 radical (unpaired) electrons. The van der Waals surface area contributed by atoms with Gasteiger partial charge in [-0.1, -0.05) is 6.07 Å². The SMILES string of the molecule is O=CNCc1ccc(F)c(OC(F)(F)F)c1. The number of amides is 1. The van der Waals surface area contributed by atoms with Gasteiger partial charge in [-0.05, 0) is 17.7 Å². The minimum atomic E-state index is -4.95. The van der Waals surface area contributed by atoms with Crippen molar-refractivity contribution in [1.82, 2.24) is 5.32 Å². The van der Waals surface area contributed by atoms with Crippen molar-refractivity contribution in [3.05, 3.63) is 29.6 Å². The summed E-state index contributed by atoms with van der Waals surface area (Å²) in [5, 5.41) is 2.23. The fourth-order valence-electron chi connectivity index (χ4n) is 1.02. The van der Waals surface area contributed by atoms with Crippen LogP contribution < -0.4 is 10.1 Å². The maximum absolute atomic E-state index is 12.9. The molecule has 16 heavy (non-hydrogen) atoms. The van der Waals surface area contributed by atoms with Gasteiger partial charge in [0, 0.05) is 6.54 Å². The lowest BCUT2D eigenvalue weighted by molar-refractivity contribution is -0.275. The van der Waals surface area contributed by atoms with Crippen molar-refractivity contribution in [3.8, 4) is 5.75 Å². The largest absolute Gasteiger partial charge is 0.573 e. The first-order valence-electron chi connectivity index (χ1n) is 4.13. The lowest BCUT2D eigenvalue weighted by atomic mass is 10.2. The molecule has 3 nitrogen and oxygen atoms in total. The average Bonchev–Trinajstić information content (AvgIpc) is 2.17. The molecule has 0 unspecified atom stereocenters. The highest BCUT2D eigenvalue weighted by molar-refractivity contribution is 5.46. The van der Waals surface area contributed by atoms with Crippen molar-refractivity contribution >= 4 is 6.41 Å². The van der Waals surface area contributed by atoms with E-state index in [-0.39, 0.29) is 6.54 Å². The standard InChI is InChI=1S/C9H7F4NO2/c10-7-2-1-6(4-14-5-15)3-8(7)16-9(11,12)13/h1-3,5H,4H2,(H,14,15). The molecule has 1 rings (SSSR count). The highest BCUT2D eigenvalue weighted by atomic mass is 19.4. The quantitative estimate of drug-likeness (QED) is 0.642. The summed E-state index contributed by atoms with van der Waals surface area (Å²) < 4.78 is 51.9. The number of benzene rings is 1. The Labute approximate surface area is 88.0 Å². The van der Waals surface area contributed by atoms with Crippen molar-refractivity contribution in [1.29, 1.82) is 0 Å². The van der Waals surface area contributed by atoms with Crippen LogP contribution in [0.5, 0.6) is 5.75 Å². The van der Waals surface area contributed by atoms with Crippen molar-refractivity contribution < 1.29 is 27.1 Å². The first-order valence-corrected chi connectivity index (χ1v) is 4.13. The van der Waals surface area contributed by atoms with E-state index in [0.29, 0.717) is 12.0 Å². The van der Waals surface area contributed by atoms with Crippen LogP contribution in [0.1, 0.15) is 5.56 Å². The summed E-state index contributed by atoms with van der Waals surface area (Å²) in [5.74, 6) is -2.04. The Morgan fingerprint density at radius 1 is 1.38 bits per heavy atom. The topological polar surface area (TPSA) is 38.3 Å². The van der Waals surface area contributed by atoms with Gasteiger partial charge in [-0.2, -0.15) is 0 Å². The zero-order valence-electron chi connectivity index (χ0n) is 7.84. The number of hydrogen-bond acceptors (Lipinski definition) is 2. The van der Waals surface area contributed by atoms with E-state index >= 15 is 0 Å². The molecule has 0 aliphatic carbocycles. The number of nitrogens with one attached hydrogen (secondary N) is 1. The van der Waals surface area contributed by atoms with Gasteiger partial charge in [0.1, 0.15) is 0 Å². The van der Waals surface area contributed by atoms with Crippen LogP contribution in [0.25, 0.3) is 0 Å². The van der Waals surface area contributed by atoms with Gasteiger partial charge in [0.15, 0.2) is 11.6 Å². The number of hydrogen-bond donors (Lipinski definition) is 1. The normalized spacial score (nSPS) is 11.0. The summed E-state index contributed by atoms with van der Waals surface area (Å²) in [6.07, 6.45) is -4.56. The molecule has 0 aliphatic heterocycles. The second-order valence-electron chi connectivity index (χ2n) is 2.81. The smallest absolute Gasteiger partial charge is 0.403 e. The molecule has 0 atom stereocenters. The van der Waals surface area contributed by atoms with Crippen LogP contribution in [0, 0.1) is 5.82 Å². The molecule has 0 fully saturated rings. The summed E-state index contributed by atoms with van der Waals surface area (Å²) >= 11 is 0. The highest BCUT2D eigenvalue weighted by Crippen LogP contribution is 2.26. The zero-order valence-corrected chi connectivity index (χ0v) is 7.84. The molecule has 0 heterocycles. The molecule has 0 spiro atoms. The van der Waals surface area contributed by atoms with E-state index in [2.05, 4.69) is 10.1 Å². The van der Waals surface area contributed by atoms with Crippen LogP contribution >= 0.6 is 0 Å². The molecular formula is C9H7F4NO2. The summed E-state index contributed by atoms with van der Waals surface area (Å²) in [6, 6.07) is 2.96. The lowest BCUT2D eigenvalue weighted by Gasteiger charge is -2.10. The van der Waals surface area contributed by atoms with E-state index in [1.807, 2.05) is 0 Å². The van der Waals surface area contributed by atoms with Gasteiger partial charge in [-0.25, -0.2) is 4.39 Å².